The molecule has 1 aromatic carbocycles. The van der Waals surface area contributed by atoms with E-state index in [9.17, 15) is 4.79 Å². The molecule has 18 heavy (non-hydrogen) atoms. The van der Waals surface area contributed by atoms with Crippen molar-refractivity contribution in [3.63, 3.8) is 0 Å². The SMILES string of the molecule is CCOCCC(=O)NC(C)CCc1ccccc1. The van der Waals surface area contributed by atoms with Gasteiger partial charge in [-0.1, -0.05) is 30.3 Å². The van der Waals surface area contributed by atoms with E-state index in [0.29, 0.717) is 19.6 Å². The summed E-state index contributed by atoms with van der Waals surface area (Å²) in [5.41, 5.74) is 1.31. The van der Waals surface area contributed by atoms with Crippen molar-refractivity contribution < 1.29 is 9.53 Å². The van der Waals surface area contributed by atoms with Crippen LogP contribution >= 0.6 is 0 Å². The van der Waals surface area contributed by atoms with Crippen LogP contribution in [0.2, 0.25) is 0 Å². The van der Waals surface area contributed by atoms with Gasteiger partial charge < -0.3 is 10.1 Å². The predicted molar refractivity (Wildman–Crippen MR) is 73.5 cm³/mol. The number of benzene rings is 1. The Labute approximate surface area is 110 Å². The molecule has 0 aliphatic heterocycles. The summed E-state index contributed by atoms with van der Waals surface area (Å²) < 4.78 is 5.15. The molecule has 100 valence electrons. The maximum Gasteiger partial charge on any atom is 0.222 e. The standard InChI is InChI=1S/C15H23NO2/c1-3-18-12-11-15(17)16-13(2)9-10-14-7-5-4-6-8-14/h4-8,13H,3,9-12H2,1-2H3,(H,16,17). The van der Waals surface area contributed by atoms with E-state index in [1.807, 2.05) is 32.0 Å². The first kappa shape index (κ1) is 14.7. The zero-order valence-corrected chi connectivity index (χ0v) is 11.3. The van der Waals surface area contributed by atoms with Gasteiger partial charge in [-0.3, -0.25) is 4.79 Å². The van der Waals surface area contributed by atoms with Crippen molar-refractivity contribution in [3.05, 3.63) is 35.9 Å². The first-order valence-corrected chi connectivity index (χ1v) is 6.63. The minimum atomic E-state index is 0.0732. The number of hydrogen-bond acceptors (Lipinski definition) is 2. The summed E-state index contributed by atoms with van der Waals surface area (Å²) in [6, 6.07) is 10.5. The van der Waals surface area contributed by atoms with Crippen LogP contribution in [-0.4, -0.2) is 25.2 Å². The molecule has 0 aliphatic rings. The molecule has 1 unspecified atom stereocenters. The van der Waals surface area contributed by atoms with Crippen LogP contribution in [-0.2, 0) is 16.0 Å². The van der Waals surface area contributed by atoms with Crippen molar-refractivity contribution in [1.29, 1.82) is 0 Å². The summed E-state index contributed by atoms with van der Waals surface area (Å²) in [5.74, 6) is 0.0732. The second-order valence-electron chi connectivity index (χ2n) is 4.44. The summed E-state index contributed by atoms with van der Waals surface area (Å²) in [6.07, 6.45) is 2.40. The third-order valence-corrected chi connectivity index (χ3v) is 2.79. The van der Waals surface area contributed by atoms with Crippen molar-refractivity contribution in [2.45, 2.75) is 39.2 Å². The van der Waals surface area contributed by atoms with E-state index in [1.165, 1.54) is 5.56 Å². The molecule has 1 aromatic rings. The Balaban J connectivity index is 2.17. The van der Waals surface area contributed by atoms with Crippen molar-refractivity contribution in [3.8, 4) is 0 Å². The third kappa shape index (κ3) is 6.40. The molecule has 0 heterocycles. The molecule has 0 fully saturated rings. The van der Waals surface area contributed by atoms with Gasteiger partial charge in [0, 0.05) is 19.1 Å². The molecule has 0 saturated heterocycles. The molecule has 0 spiro atoms. The van der Waals surface area contributed by atoms with E-state index >= 15 is 0 Å². The minimum Gasteiger partial charge on any atom is -0.381 e. The smallest absolute Gasteiger partial charge is 0.222 e. The van der Waals surface area contributed by atoms with Crippen molar-refractivity contribution in [1.82, 2.24) is 5.32 Å². The van der Waals surface area contributed by atoms with Crippen LogP contribution in [0.25, 0.3) is 0 Å². The van der Waals surface area contributed by atoms with E-state index in [4.69, 9.17) is 4.74 Å². The van der Waals surface area contributed by atoms with Crippen LogP contribution in [0.5, 0.6) is 0 Å². The third-order valence-electron chi connectivity index (χ3n) is 2.79. The zero-order valence-electron chi connectivity index (χ0n) is 11.3. The molecular formula is C15H23NO2. The quantitative estimate of drug-likeness (QED) is 0.719. The van der Waals surface area contributed by atoms with E-state index in [-0.39, 0.29) is 11.9 Å². The van der Waals surface area contributed by atoms with E-state index in [2.05, 4.69) is 17.4 Å². The molecule has 0 radical (unpaired) electrons. The van der Waals surface area contributed by atoms with Crippen molar-refractivity contribution in [2.75, 3.05) is 13.2 Å². The van der Waals surface area contributed by atoms with Gasteiger partial charge in [-0.25, -0.2) is 0 Å². The van der Waals surface area contributed by atoms with Gasteiger partial charge in [0.1, 0.15) is 0 Å². The molecule has 0 saturated carbocycles. The predicted octanol–water partition coefficient (Wildman–Crippen LogP) is 2.55. The molecule has 0 aliphatic carbocycles. The van der Waals surface area contributed by atoms with Crippen LogP contribution in [0.1, 0.15) is 32.3 Å². The molecular weight excluding hydrogens is 226 g/mol. The maximum atomic E-state index is 11.5. The number of ether oxygens (including phenoxy) is 1. The number of aryl methyl sites for hydroxylation is 1. The second-order valence-corrected chi connectivity index (χ2v) is 4.44. The lowest BCUT2D eigenvalue weighted by molar-refractivity contribution is -0.122. The molecule has 1 atom stereocenters. The Morgan fingerprint density at radius 3 is 2.72 bits per heavy atom. The lowest BCUT2D eigenvalue weighted by atomic mass is 10.1. The lowest BCUT2D eigenvalue weighted by Gasteiger charge is -2.13. The maximum absolute atomic E-state index is 11.5. The Bertz CT molecular complexity index is 338. The summed E-state index contributed by atoms with van der Waals surface area (Å²) in [6.45, 7) is 5.15. The molecule has 3 heteroatoms. The Hall–Kier alpha value is -1.35. The highest BCUT2D eigenvalue weighted by molar-refractivity contribution is 5.76. The summed E-state index contributed by atoms with van der Waals surface area (Å²) in [4.78, 5) is 11.5. The van der Waals surface area contributed by atoms with E-state index < -0.39 is 0 Å². The van der Waals surface area contributed by atoms with Gasteiger partial charge in [-0.2, -0.15) is 0 Å². The van der Waals surface area contributed by atoms with Gasteiger partial charge in [-0.05, 0) is 32.3 Å². The average Bonchev–Trinajstić information content (AvgIpc) is 2.38. The van der Waals surface area contributed by atoms with Gasteiger partial charge >= 0.3 is 0 Å². The second kappa shape index (κ2) is 8.70. The fraction of sp³-hybridized carbons (Fsp3) is 0.533. The lowest BCUT2D eigenvalue weighted by Crippen LogP contribution is -2.33. The van der Waals surface area contributed by atoms with E-state index in [1.54, 1.807) is 0 Å². The number of carbonyl (C=O) groups excluding carboxylic acids is 1. The number of rotatable bonds is 8. The van der Waals surface area contributed by atoms with Gasteiger partial charge in [0.15, 0.2) is 0 Å². The van der Waals surface area contributed by atoms with Gasteiger partial charge in [-0.15, -0.1) is 0 Å². The highest BCUT2D eigenvalue weighted by Gasteiger charge is 2.07. The van der Waals surface area contributed by atoms with Crippen LogP contribution in [0, 0.1) is 0 Å². The normalized spacial score (nSPS) is 12.1. The molecule has 1 rings (SSSR count). The highest BCUT2D eigenvalue weighted by atomic mass is 16.5. The first-order chi connectivity index (χ1) is 8.72. The van der Waals surface area contributed by atoms with Crippen LogP contribution in [0.15, 0.2) is 30.3 Å². The van der Waals surface area contributed by atoms with Gasteiger partial charge in [0.25, 0.3) is 0 Å². The number of amides is 1. The van der Waals surface area contributed by atoms with Gasteiger partial charge in [0.2, 0.25) is 5.91 Å². The molecule has 1 N–H and O–H groups in total. The number of nitrogens with one attached hydrogen (secondary N) is 1. The fourth-order valence-electron chi connectivity index (χ4n) is 1.76. The Morgan fingerprint density at radius 2 is 2.06 bits per heavy atom. The van der Waals surface area contributed by atoms with E-state index in [0.717, 1.165) is 12.8 Å². The molecule has 1 amide bonds. The zero-order chi connectivity index (χ0) is 13.2. The topological polar surface area (TPSA) is 38.3 Å². The van der Waals surface area contributed by atoms with Crippen LogP contribution in [0.4, 0.5) is 0 Å². The first-order valence-electron chi connectivity index (χ1n) is 6.63. The largest absolute Gasteiger partial charge is 0.381 e. The van der Waals surface area contributed by atoms with Gasteiger partial charge in [0.05, 0.1) is 6.61 Å². The monoisotopic (exact) mass is 249 g/mol. The minimum absolute atomic E-state index is 0.0732. The molecule has 3 nitrogen and oxygen atoms in total. The number of carbonyl (C=O) groups is 1. The van der Waals surface area contributed by atoms with Crippen molar-refractivity contribution in [2.24, 2.45) is 0 Å². The summed E-state index contributed by atoms with van der Waals surface area (Å²) in [7, 11) is 0. The van der Waals surface area contributed by atoms with Crippen LogP contribution in [0.3, 0.4) is 0 Å². The Kier molecular flexibility index (Phi) is 7.11. The highest BCUT2D eigenvalue weighted by Crippen LogP contribution is 2.04. The van der Waals surface area contributed by atoms with Crippen LogP contribution < -0.4 is 5.32 Å². The van der Waals surface area contributed by atoms with Crippen molar-refractivity contribution >= 4 is 5.91 Å². The molecule has 0 aromatic heterocycles. The number of hydrogen-bond donors (Lipinski definition) is 1. The average molecular weight is 249 g/mol. The summed E-state index contributed by atoms with van der Waals surface area (Å²) >= 11 is 0. The molecule has 0 bridgehead atoms. The Morgan fingerprint density at radius 1 is 1.33 bits per heavy atom. The fourth-order valence-corrected chi connectivity index (χ4v) is 1.76. The summed E-state index contributed by atoms with van der Waals surface area (Å²) in [5, 5.41) is 2.99.